The van der Waals surface area contributed by atoms with E-state index in [4.69, 9.17) is 4.74 Å². The normalized spacial score (nSPS) is 23.2. The molecular weight excluding hydrogens is 515 g/mol. The zero-order valence-corrected chi connectivity index (χ0v) is 22.9. The first-order valence-electron chi connectivity index (χ1n) is 13.3. The molecule has 2 atom stereocenters. The monoisotopic (exact) mass is 546 g/mol. The van der Waals surface area contributed by atoms with E-state index in [0.29, 0.717) is 19.0 Å². The van der Waals surface area contributed by atoms with Gasteiger partial charge in [-0.05, 0) is 68.4 Å². The van der Waals surface area contributed by atoms with Gasteiger partial charge in [0.15, 0.2) is 0 Å². The fraction of sp³-hybridized carbons (Fsp3) is 0.333. The number of nitrogens with zero attached hydrogens (tertiary/aromatic N) is 4. The molecule has 1 spiro atoms. The molecule has 39 heavy (non-hydrogen) atoms. The van der Waals surface area contributed by atoms with Gasteiger partial charge >= 0.3 is 0 Å². The van der Waals surface area contributed by atoms with Crippen molar-refractivity contribution in [2.45, 2.75) is 24.0 Å². The molecule has 2 amide bonds. The van der Waals surface area contributed by atoms with Crippen LogP contribution in [-0.2, 0) is 14.5 Å². The number of carbonyl (C=O) groups excluding carboxylic acids is 2. The number of para-hydroxylation sites is 1. The lowest BCUT2D eigenvalue weighted by molar-refractivity contribution is -0.124. The van der Waals surface area contributed by atoms with Crippen molar-refractivity contribution in [3.8, 4) is 5.75 Å². The van der Waals surface area contributed by atoms with Gasteiger partial charge in [0, 0.05) is 43.1 Å². The fourth-order valence-electron chi connectivity index (χ4n) is 5.74. The van der Waals surface area contributed by atoms with Gasteiger partial charge < -0.3 is 9.64 Å². The minimum Gasteiger partial charge on any atom is -0.494 e. The van der Waals surface area contributed by atoms with Crippen molar-refractivity contribution in [2.24, 2.45) is 0 Å². The van der Waals surface area contributed by atoms with Crippen molar-refractivity contribution >= 4 is 40.6 Å². The topological polar surface area (TPSA) is 56.3 Å². The highest BCUT2D eigenvalue weighted by Gasteiger charge is 2.63. The molecule has 0 saturated carbocycles. The molecule has 3 aromatic carbocycles. The number of rotatable bonds is 6. The zero-order chi connectivity index (χ0) is 27.1. The number of halogens is 1. The maximum atomic E-state index is 14.4. The van der Waals surface area contributed by atoms with Crippen LogP contribution in [0.3, 0.4) is 0 Å². The van der Waals surface area contributed by atoms with Crippen LogP contribution < -0.4 is 19.4 Å². The number of piperazine rings is 1. The predicted molar refractivity (Wildman–Crippen MR) is 153 cm³/mol. The SMILES string of the molecule is CCOc1ccc(N2C(=O)[C@@H](C)S[C@@]23C(=O)N(CN2CCN(c4ccc(F)cc4)CC2)c2ccccc23)cc1. The number of anilines is 3. The standard InChI is InChI=1S/C30H31FN4O3S/c1-3-38-25-14-12-24(13-15-25)35-28(36)21(2)39-30(35)26-6-4-5-7-27(26)34(29(30)37)20-32-16-18-33(19-17-32)23-10-8-22(31)9-11-23/h4-15,21H,3,16-20H2,1-2H3/t21-,30+/m1/s1. The molecule has 0 N–H and O–H groups in total. The van der Waals surface area contributed by atoms with E-state index < -0.39 is 4.87 Å². The minimum absolute atomic E-state index is 0.0814. The summed E-state index contributed by atoms with van der Waals surface area (Å²) in [5, 5.41) is -0.368. The highest BCUT2D eigenvalue weighted by molar-refractivity contribution is 8.03. The van der Waals surface area contributed by atoms with Gasteiger partial charge in [-0.2, -0.15) is 0 Å². The summed E-state index contributed by atoms with van der Waals surface area (Å²) >= 11 is 1.41. The van der Waals surface area contributed by atoms with E-state index in [-0.39, 0.29) is 22.9 Å². The average Bonchev–Trinajstić information content (AvgIpc) is 3.35. The van der Waals surface area contributed by atoms with Gasteiger partial charge in [-0.3, -0.25) is 24.3 Å². The first-order valence-corrected chi connectivity index (χ1v) is 14.2. The summed E-state index contributed by atoms with van der Waals surface area (Å²) in [6.07, 6.45) is 0. The molecule has 2 saturated heterocycles. The van der Waals surface area contributed by atoms with E-state index in [1.165, 1.54) is 23.9 Å². The molecule has 3 aliphatic rings. The van der Waals surface area contributed by atoms with Crippen LogP contribution in [0.25, 0.3) is 0 Å². The molecule has 2 fully saturated rings. The van der Waals surface area contributed by atoms with Crippen LogP contribution in [0.1, 0.15) is 19.4 Å². The van der Waals surface area contributed by atoms with Crippen molar-refractivity contribution in [3.05, 3.63) is 84.2 Å². The number of ether oxygens (including phenoxy) is 1. The second-order valence-electron chi connectivity index (χ2n) is 9.98. The molecule has 3 aromatic rings. The Morgan fingerprint density at radius 2 is 1.59 bits per heavy atom. The Morgan fingerprint density at radius 1 is 0.923 bits per heavy atom. The van der Waals surface area contributed by atoms with E-state index in [9.17, 15) is 14.0 Å². The molecule has 3 aliphatic heterocycles. The first-order chi connectivity index (χ1) is 18.9. The summed E-state index contributed by atoms with van der Waals surface area (Å²) in [6.45, 7) is 7.88. The Bertz CT molecular complexity index is 1380. The lowest BCUT2D eigenvalue weighted by Crippen LogP contribution is -2.54. The lowest BCUT2D eigenvalue weighted by Gasteiger charge is -2.38. The maximum absolute atomic E-state index is 14.4. The van der Waals surface area contributed by atoms with Gasteiger partial charge in [-0.25, -0.2) is 4.39 Å². The van der Waals surface area contributed by atoms with Gasteiger partial charge in [0.1, 0.15) is 11.6 Å². The average molecular weight is 547 g/mol. The Morgan fingerprint density at radius 3 is 2.28 bits per heavy atom. The summed E-state index contributed by atoms with van der Waals surface area (Å²) in [4.78, 5) is 34.9. The van der Waals surface area contributed by atoms with E-state index in [0.717, 1.165) is 48.9 Å². The van der Waals surface area contributed by atoms with Crippen LogP contribution in [0.2, 0.25) is 0 Å². The fourth-order valence-corrected chi connectivity index (χ4v) is 7.27. The predicted octanol–water partition coefficient (Wildman–Crippen LogP) is 4.67. The lowest BCUT2D eigenvalue weighted by atomic mass is 10.0. The quantitative estimate of drug-likeness (QED) is 0.448. The van der Waals surface area contributed by atoms with Crippen LogP contribution in [0.4, 0.5) is 21.5 Å². The Labute approximate surface area is 232 Å². The van der Waals surface area contributed by atoms with E-state index in [1.807, 2.05) is 67.3 Å². The number of amides is 2. The molecule has 202 valence electrons. The molecule has 0 aliphatic carbocycles. The first kappa shape index (κ1) is 25.7. The van der Waals surface area contributed by atoms with Crippen LogP contribution >= 0.6 is 11.8 Å². The zero-order valence-electron chi connectivity index (χ0n) is 22.0. The summed E-state index contributed by atoms with van der Waals surface area (Å²) in [6, 6.07) is 21.8. The van der Waals surface area contributed by atoms with Crippen LogP contribution in [0, 0.1) is 5.82 Å². The second-order valence-corrected chi connectivity index (χ2v) is 11.5. The van der Waals surface area contributed by atoms with Crippen molar-refractivity contribution in [1.82, 2.24) is 4.90 Å². The third-order valence-corrected chi connectivity index (χ3v) is 9.11. The Kier molecular flexibility index (Phi) is 6.72. The smallest absolute Gasteiger partial charge is 0.269 e. The summed E-state index contributed by atoms with van der Waals surface area (Å²) < 4.78 is 19.0. The van der Waals surface area contributed by atoms with Crippen molar-refractivity contribution < 1.29 is 18.7 Å². The van der Waals surface area contributed by atoms with E-state index >= 15 is 0 Å². The van der Waals surface area contributed by atoms with Crippen LogP contribution in [-0.4, -0.2) is 61.4 Å². The van der Waals surface area contributed by atoms with E-state index in [2.05, 4.69) is 9.80 Å². The molecule has 7 nitrogen and oxygen atoms in total. The van der Waals surface area contributed by atoms with Gasteiger partial charge in [-0.1, -0.05) is 18.2 Å². The van der Waals surface area contributed by atoms with Gasteiger partial charge in [0.2, 0.25) is 10.8 Å². The van der Waals surface area contributed by atoms with Gasteiger partial charge in [0.25, 0.3) is 5.91 Å². The van der Waals surface area contributed by atoms with Crippen molar-refractivity contribution in [1.29, 1.82) is 0 Å². The highest BCUT2D eigenvalue weighted by Crippen LogP contribution is 2.57. The Balaban J connectivity index is 1.27. The van der Waals surface area contributed by atoms with Crippen molar-refractivity contribution in [2.75, 3.05) is 54.2 Å². The Hall–Kier alpha value is -3.56. The summed E-state index contributed by atoms with van der Waals surface area (Å²) in [5.74, 6) is 0.305. The number of thioether (sulfide) groups is 1. The largest absolute Gasteiger partial charge is 0.494 e. The van der Waals surface area contributed by atoms with Gasteiger partial charge in [0.05, 0.1) is 24.2 Å². The van der Waals surface area contributed by atoms with E-state index in [1.54, 1.807) is 17.0 Å². The second kappa shape index (κ2) is 10.2. The molecule has 9 heteroatoms. The number of fused-ring (bicyclic) bond motifs is 2. The molecule has 0 bridgehead atoms. The third kappa shape index (κ3) is 4.33. The molecule has 6 rings (SSSR count). The number of hydrogen-bond donors (Lipinski definition) is 0. The summed E-state index contributed by atoms with van der Waals surface area (Å²) in [7, 11) is 0. The third-order valence-electron chi connectivity index (χ3n) is 7.64. The van der Waals surface area contributed by atoms with Crippen molar-refractivity contribution in [3.63, 3.8) is 0 Å². The highest BCUT2D eigenvalue weighted by atomic mass is 32.2. The van der Waals surface area contributed by atoms with Crippen LogP contribution in [0.15, 0.2) is 72.8 Å². The van der Waals surface area contributed by atoms with Gasteiger partial charge in [-0.15, -0.1) is 11.8 Å². The summed E-state index contributed by atoms with van der Waals surface area (Å²) in [5.41, 5.74) is 3.36. The van der Waals surface area contributed by atoms with Crippen LogP contribution in [0.5, 0.6) is 5.75 Å². The molecule has 0 aromatic heterocycles. The number of hydrogen-bond acceptors (Lipinski definition) is 6. The molecule has 0 unspecified atom stereocenters. The number of benzene rings is 3. The molecular formula is C30H31FN4O3S. The molecule has 3 heterocycles. The number of carbonyl (C=O) groups is 2. The molecule has 0 radical (unpaired) electrons. The maximum Gasteiger partial charge on any atom is 0.269 e. The minimum atomic E-state index is -1.16.